The minimum absolute atomic E-state index is 0.0379. The number of halogens is 2. The number of nitrogens with zero attached hydrogens (tertiary/aromatic N) is 1. The van der Waals surface area contributed by atoms with Crippen molar-refractivity contribution in [2.24, 2.45) is 5.92 Å². The minimum atomic E-state index is -2.87. The molecule has 0 amide bonds. The van der Waals surface area contributed by atoms with Gasteiger partial charge in [0.2, 0.25) is 0 Å². The van der Waals surface area contributed by atoms with Crippen LogP contribution in [-0.2, 0) is 11.3 Å². The normalized spacial score (nSPS) is 17.0. The Morgan fingerprint density at radius 3 is 2.62 bits per heavy atom. The molecule has 6 heteroatoms. The quantitative estimate of drug-likeness (QED) is 0.757. The Hall–Kier alpha value is -1.69. The molecule has 0 unspecified atom stereocenters. The van der Waals surface area contributed by atoms with Crippen LogP contribution in [0.1, 0.15) is 18.4 Å². The van der Waals surface area contributed by atoms with Crippen molar-refractivity contribution in [1.29, 1.82) is 0 Å². The van der Waals surface area contributed by atoms with E-state index in [1.807, 2.05) is 0 Å². The van der Waals surface area contributed by atoms with Gasteiger partial charge in [-0.25, -0.2) is 0 Å². The molecule has 0 spiro atoms. The molecule has 0 bridgehead atoms. The van der Waals surface area contributed by atoms with Gasteiger partial charge in [0.05, 0.1) is 7.11 Å². The van der Waals surface area contributed by atoms with Gasteiger partial charge in [-0.05, 0) is 43.6 Å². The Kier molecular flexibility index (Phi) is 5.50. The number of piperidine rings is 1. The molecule has 1 fully saturated rings. The molecule has 2 rings (SSSR count). The smallest absolute Gasteiger partial charge is 0.387 e. The predicted octanol–water partition coefficient (Wildman–Crippen LogP) is 2.71. The summed E-state index contributed by atoms with van der Waals surface area (Å²) in [4.78, 5) is 13.0. The van der Waals surface area contributed by atoms with Gasteiger partial charge < -0.3 is 14.3 Å². The number of hydrogen-bond donors (Lipinski definition) is 0. The maximum absolute atomic E-state index is 12.3. The zero-order valence-electron chi connectivity index (χ0n) is 11.9. The Morgan fingerprint density at radius 1 is 1.33 bits per heavy atom. The Balaban J connectivity index is 1.99. The molecule has 0 aromatic heterocycles. The second-order valence-electron chi connectivity index (χ2n) is 5.11. The van der Waals surface area contributed by atoms with Crippen molar-refractivity contribution in [2.45, 2.75) is 26.0 Å². The molecular weight excluding hydrogens is 280 g/mol. The molecular formula is C15H19F2NO3. The first kappa shape index (κ1) is 15.7. The highest BCUT2D eigenvalue weighted by molar-refractivity contribution is 5.53. The zero-order valence-corrected chi connectivity index (χ0v) is 11.9. The first-order valence-electron chi connectivity index (χ1n) is 6.91. The fourth-order valence-corrected chi connectivity index (χ4v) is 2.51. The van der Waals surface area contributed by atoms with E-state index < -0.39 is 6.61 Å². The third kappa shape index (κ3) is 4.39. The Morgan fingerprint density at radius 2 is 2.05 bits per heavy atom. The van der Waals surface area contributed by atoms with Crippen molar-refractivity contribution in [2.75, 3.05) is 20.2 Å². The monoisotopic (exact) mass is 299 g/mol. The van der Waals surface area contributed by atoms with Gasteiger partial charge in [0.1, 0.15) is 6.29 Å². The molecule has 4 nitrogen and oxygen atoms in total. The molecule has 0 radical (unpaired) electrons. The molecule has 0 aliphatic carbocycles. The number of rotatable bonds is 6. The van der Waals surface area contributed by atoms with Crippen LogP contribution < -0.4 is 9.47 Å². The maximum atomic E-state index is 12.3. The highest BCUT2D eigenvalue weighted by atomic mass is 19.3. The molecule has 1 aromatic carbocycles. The zero-order chi connectivity index (χ0) is 15.2. The third-order valence-corrected chi connectivity index (χ3v) is 3.67. The van der Waals surface area contributed by atoms with Gasteiger partial charge >= 0.3 is 6.61 Å². The molecule has 0 N–H and O–H groups in total. The summed E-state index contributed by atoms with van der Waals surface area (Å²) < 4.78 is 34.0. The van der Waals surface area contributed by atoms with E-state index >= 15 is 0 Å². The SMILES string of the molecule is COc1cc(CN2CCC(C=O)CC2)ccc1OC(F)F. The molecule has 0 atom stereocenters. The molecule has 116 valence electrons. The van der Waals surface area contributed by atoms with Crippen LogP contribution in [-0.4, -0.2) is 38.0 Å². The second-order valence-corrected chi connectivity index (χ2v) is 5.11. The van der Waals surface area contributed by atoms with Crippen molar-refractivity contribution < 1.29 is 23.0 Å². The van der Waals surface area contributed by atoms with E-state index in [2.05, 4.69) is 9.64 Å². The number of aldehydes is 1. The number of hydrogen-bond acceptors (Lipinski definition) is 4. The van der Waals surface area contributed by atoms with Crippen LogP contribution in [0.25, 0.3) is 0 Å². The highest BCUT2D eigenvalue weighted by Crippen LogP contribution is 2.30. The number of likely N-dealkylation sites (tertiary alicyclic amines) is 1. The Bertz CT molecular complexity index is 474. The first-order chi connectivity index (χ1) is 10.1. The minimum Gasteiger partial charge on any atom is -0.493 e. The Labute approximate surface area is 122 Å². The van der Waals surface area contributed by atoms with E-state index in [0.717, 1.165) is 37.8 Å². The second kappa shape index (κ2) is 7.36. The van der Waals surface area contributed by atoms with Crippen LogP contribution in [0.4, 0.5) is 8.78 Å². The van der Waals surface area contributed by atoms with Crippen molar-refractivity contribution in [1.82, 2.24) is 4.90 Å². The number of carbonyl (C=O) groups excluding carboxylic acids is 1. The molecule has 21 heavy (non-hydrogen) atoms. The van der Waals surface area contributed by atoms with Gasteiger partial charge in [-0.2, -0.15) is 8.78 Å². The fourth-order valence-electron chi connectivity index (χ4n) is 2.51. The standard InChI is InChI=1S/C15H19F2NO3/c1-20-14-8-12(2-3-13(14)21-15(16)17)9-18-6-4-11(10-19)5-7-18/h2-3,8,10-11,15H,4-7,9H2,1H3. The lowest BCUT2D eigenvalue weighted by Crippen LogP contribution is -2.33. The lowest BCUT2D eigenvalue weighted by Gasteiger charge is -2.29. The van der Waals surface area contributed by atoms with Gasteiger partial charge in [-0.15, -0.1) is 0 Å². The van der Waals surface area contributed by atoms with Gasteiger partial charge in [-0.3, -0.25) is 4.90 Å². The van der Waals surface area contributed by atoms with E-state index in [0.29, 0.717) is 12.3 Å². The lowest BCUT2D eigenvalue weighted by molar-refractivity contribution is -0.112. The third-order valence-electron chi connectivity index (χ3n) is 3.67. The molecule has 1 heterocycles. The van der Waals surface area contributed by atoms with Crippen LogP contribution in [0.15, 0.2) is 18.2 Å². The largest absolute Gasteiger partial charge is 0.493 e. The fraction of sp³-hybridized carbons (Fsp3) is 0.533. The number of carbonyl (C=O) groups is 1. The van der Waals surface area contributed by atoms with Gasteiger partial charge in [-0.1, -0.05) is 6.07 Å². The highest BCUT2D eigenvalue weighted by Gasteiger charge is 2.19. The average molecular weight is 299 g/mol. The van der Waals surface area contributed by atoms with Crippen LogP contribution in [0.5, 0.6) is 11.5 Å². The number of benzene rings is 1. The topological polar surface area (TPSA) is 38.8 Å². The predicted molar refractivity (Wildman–Crippen MR) is 73.7 cm³/mol. The summed E-state index contributed by atoms with van der Waals surface area (Å²) in [7, 11) is 1.42. The number of ether oxygens (including phenoxy) is 2. The van der Waals surface area contributed by atoms with Crippen molar-refractivity contribution in [3.63, 3.8) is 0 Å². The summed E-state index contributed by atoms with van der Waals surface area (Å²) in [5, 5.41) is 0. The molecule has 1 aliphatic heterocycles. The van der Waals surface area contributed by atoms with Crippen LogP contribution in [0, 0.1) is 5.92 Å². The maximum Gasteiger partial charge on any atom is 0.387 e. The van der Waals surface area contributed by atoms with Crippen molar-refractivity contribution >= 4 is 6.29 Å². The number of methoxy groups -OCH3 is 1. The molecule has 1 saturated heterocycles. The summed E-state index contributed by atoms with van der Waals surface area (Å²) in [5.74, 6) is 0.504. The summed E-state index contributed by atoms with van der Waals surface area (Å²) in [6.07, 6.45) is 2.76. The van der Waals surface area contributed by atoms with E-state index in [-0.39, 0.29) is 11.7 Å². The van der Waals surface area contributed by atoms with Crippen LogP contribution in [0.2, 0.25) is 0 Å². The first-order valence-corrected chi connectivity index (χ1v) is 6.91. The summed E-state index contributed by atoms with van der Waals surface area (Å²) in [5.41, 5.74) is 0.970. The van der Waals surface area contributed by atoms with Gasteiger partial charge in [0.25, 0.3) is 0 Å². The van der Waals surface area contributed by atoms with E-state index in [1.165, 1.54) is 13.2 Å². The molecule has 1 aliphatic rings. The average Bonchev–Trinajstić information content (AvgIpc) is 2.49. The van der Waals surface area contributed by atoms with Crippen LogP contribution >= 0.6 is 0 Å². The summed E-state index contributed by atoms with van der Waals surface area (Å²) in [6.45, 7) is -0.439. The summed E-state index contributed by atoms with van der Waals surface area (Å²) in [6, 6.07) is 4.97. The van der Waals surface area contributed by atoms with Gasteiger partial charge in [0, 0.05) is 12.5 Å². The number of alkyl halides is 2. The lowest BCUT2D eigenvalue weighted by atomic mass is 9.98. The molecule has 1 aromatic rings. The molecule has 0 saturated carbocycles. The van der Waals surface area contributed by atoms with Crippen LogP contribution in [0.3, 0.4) is 0 Å². The van der Waals surface area contributed by atoms with E-state index in [9.17, 15) is 13.6 Å². The van der Waals surface area contributed by atoms with E-state index in [1.54, 1.807) is 12.1 Å². The van der Waals surface area contributed by atoms with E-state index in [4.69, 9.17) is 4.74 Å². The van der Waals surface area contributed by atoms with Crippen molar-refractivity contribution in [3.8, 4) is 11.5 Å². The van der Waals surface area contributed by atoms with Gasteiger partial charge in [0.15, 0.2) is 11.5 Å². The van der Waals surface area contributed by atoms with Crippen molar-refractivity contribution in [3.05, 3.63) is 23.8 Å². The summed E-state index contributed by atoms with van der Waals surface area (Å²) >= 11 is 0.